The Morgan fingerprint density at radius 3 is 2.74 bits per heavy atom. The van der Waals surface area contributed by atoms with Gasteiger partial charge in [0.05, 0.1) is 24.2 Å². The summed E-state index contributed by atoms with van der Waals surface area (Å²) in [5.74, 6) is 1.83. The summed E-state index contributed by atoms with van der Waals surface area (Å²) >= 11 is 0. The van der Waals surface area contributed by atoms with Gasteiger partial charge in [0.25, 0.3) is 0 Å². The number of hydrogen-bond donors (Lipinski definition) is 1. The lowest BCUT2D eigenvalue weighted by molar-refractivity contribution is 0.415. The molecule has 2 aromatic rings. The minimum Gasteiger partial charge on any atom is -0.497 e. The lowest BCUT2D eigenvalue weighted by Crippen LogP contribution is -2.16. The number of methoxy groups -OCH3 is 1. The van der Waals surface area contributed by atoms with Crippen molar-refractivity contribution in [2.75, 3.05) is 7.11 Å². The number of benzene rings is 1. The first kappa shape index (κ1) is 13.9. The van der Waals surface area contributed by atoms with Gasteiger partial charge in [-0.05, 0) is 25.0 Å². The first-order chi connectivity index (χ1) is 9.21. The van der Waals surface area contributed by atoms with Crippen LogP contribution in [-0.4, -0.2) is 16.7 Å². The van der Waals surface area contributed by atoms with Gasteiger partial charge >= 0.3 is 0 Å². The second kappa shape index (κ2) is 6.06. The molecule has 2 N–H and O–H groups in total. The van der Waals surface area contributed by atoms with Gasteiger partial charge in [-0.2, -0.15) is 0 Å². The van der Waals surface area contributed by atoms with Crippen molar-refractivity contribution in [3.63, 3.8) is 0 Å². The van der Waals surface area contributed by atoms with E-state index in [1.54, 1.807) is 7.11 Å². The summed E-state index contributed by atoms with van der Waals surface area (Å²) in [5, 5.41) is 0. The molecule has 4 heteroatoms. The fourth-order valence-corrected chi connectivity index (χ4v) is 2.44. The van der Waals surface area contributed by atoms with Crippen molar-refractivity contribution in [1.29, 1.82) is 0 Å². The predicted molar refractivity (Wildman–Crippen MR) is 78.4 cm³/mol. The molecule has 0 aliphatic carbocycles. The van der Waals surface area contributed by atoms with Crippen molar-refractivity contribution in [1.82, 2.24) is 9.55 Å². The molecule has 4 nitrogen and oxygen atoms in total. The van der Waals surface area contributed by atoms with Crippen LogP contribution in [0.4, 0.5) is 0 Å². The third-order valence-corrected chi connectivity index (χ3v) is 3.36. The monoisotopic (exact) mass is 261 g/mol. The van der Waals surface area contributed by atoms with E-state index in [-0.39, 0.29) is 6.04 Å². The highest BCUT2D eigenvalue weighted by atomic mass is 16.5. The number of nitrogens with two attached hydrogens (primary N) is 1. The number of aromatic nitrogens is 2. The molecule has 1 unspecified atom stereocenters. The number of aryl methyl sites for hydroxylation is 1. The summed E-state index contributed by atoms with van der Waals surface area (Å²) in [7, 11) is 1.67. The van der Waals surface area contributed by atoms with Gasteiger partial charge in [-0.1, -0.05) is 20.3 Å². The summed E-state index contributed by atoms with van der Waals surface area (Å²) in [6.45, 7) is 5.27. The summed E-state index contributed by atoms with van der Waals surface area (Å²) in [6, 6.07) is 6.03. The highest BCUT2D eigenvalue weighted by Crippen LogP contribution is 2.25. The van der Waals surface area contributed by atoms with E-state index in [1.165, 1.54) is 0 Å². The zero-order chi connectivity index (χ0) is 13.8. The van der Waals surface area contributed by atoms with Gasteiger partial charge in [0.1, 0.15) is 11.6 Å². The fourth-order valence-electron chi connectivity index (χ4n) is 2.44. The van der Waals surface area contributed by atoms with Gasteiger partial charge in [0, 0.05) is 12.6 Å². The predicted octanol–water partition coefficient (Wildman–Crippen LogP) is 3.25. The molecule has 1 aromatic carbocycles. The molecule has 2 rings (SSSR count). The second-order valence-corrected chi connectivity index (χ2v) is 4.87. The van der Waals surface area contributed by atoms with Crippen LogP contribution in [0.3, 0.4) is 0 Å². The molecule has 0 amide bonds. The molecule has 0 aliphatic heterocycles. The van der Waals surface area contributed by atoms with Crippen LogP contribution in [0, 0.1) is 0 Å². The zero-order valence-corrected chi connectivity index (χ0v) is 12.0. The van der Waals surface area contributed by atoms with Crippen LogP contribution in [0.1, 0.15) is 45.0 Å². The van der Waals surface area contributed by atoms with Crippen LogP contribution in [0.25, 0.3) is 11.0 Å². The molecule has 0 aliphatic rings. The van der Waals surface area contributed by atoms with Gasteiger partial charge in [0.2, 0.25) is 0 Å². The molecule has 1 heterocycles. The molecule has 0 saturated carbocycles. The molecular weight excluding hydrogens is 238 g/mol. The van der Waals surface area contributed by atoms with Crippen molar-refractivity contribution < 1.29 is 4.74 Å². The maximum absolute atomic E-state index is 6.26. The van der Waals surface area contributed by atoms with Crippen molar-refractivity contribution in [3.05, 3.63) is 24.0 Å². The Hall–Kier alpha value is -1.55. The lowest BCUT2D eigenvalue weighted by atomic mass is 10.1. The van der Waals surface area contributed by atoms with E-state index < -0.39 is 0 Å². The van der Waals surface area contributed by atoms with Crippen molar-refractivity contribution in [2.24, 2.45) is 5.73 Å². The van der Waals surface area contributed by atoms with Crippen molar-refractivity contribution in [2.45, 2.75) is 45.7 Å². The average Bonchev–Trinajstić information content (AvgIpc) is 2.77. The van der Waals surface area contributed by atoms with Gasteiger partial charge in [-0.25, -0.2) is 4.98 Å². The number of rotatable bonds is 6. The summed E-state index contributed by atoms with van der Waals surface area (Å²) < 4.78 is 7.50. The number of imidazole rings is 1. The topological polar surface area (TPSA) is 53.1 Å². The highest BCUT2D eigenvalue weighted by molar-refractivity contribution is 5.78. The molecule has 104 valence electrons. The normalized spacial score (nSPS) is 12.8. The van der Waals surface area contributed by atoms with Gasteiger partial charge in [0.15, 0.2) is 0 Å². The van der Waals surface area contributed by atoms with Crippen LogP contribution in [0.5, 0.6) is 5.75 Å². The summed E-state index contributed by atoms with van der Waals surface area (Å²) in [4.78, 5) is 4.72. The Morgan fingerprint density at radius 2 is 2.11 bits per heavy atom. The first-order valence-electron chi connectivity index (χ1n) is 7.01. The Morgan fingerprint density at radius 1 is 1.32 bits per heavy atom. The molecule has 19 heavy (non-hydrogen) atoms. The van der Waals surface area contributed by atoms with Crippen LogP contribution in [0.2, 0.25) is 0 Å². The van der Waals surface area contributed by atoms with Crippen LogP contribution < -0.4 is 10.5 Å². The van der Waals surface area contributed by atoms with Crippen LogP contribution in [0.15, 0.2) is 18.2 Å². The Labute approximate surface area is 114 Å². The third kappa shape index (κ3) is 2.73. The molecular formula is C15H23N3O. The number of ether oxygens (including phenoxy) is 1. The molecule has 0 radical (unpaired) electrons. The summed E-state index contributed by atoms with van der Waals surface area (Å²) in [6.07, 6.45) is 3.10. The summed E-state index contributed by atoms with van der Waals surface area (Å²) in [5.41, 5.74) is 8.37. The zero-order valence-electron chi connectivity index (χ0n) is 12.0. The van der Waals surface area contributed by atoms with E-state index in [4.69, 9.17) is 15.5 Å². The van der Waals surface area contributed by atoms with Crippen molar-refractivity contribution >= 4 is 11.0 Å². The number of nitrogens with zero attached hydrogens (tertiary/aromatic N) is 2. The average molecular weight is 261 g/mol. The van der Waals surface area contributed by atoms with E-state index in [0.717, 1.165) is 48.4 Å². The van der Waals surface area contributed by atoms with E-state index in [0.29, 0.717) is 0 Å². The van der Waals surface area contributed by atoms with Gasteiger partial charge in [-0.15, -0.1) is 0 Å². The maximum Gasteiger partial charge on any atom is 0.126 e. The van der Waals surface area contributed by atoms with Crippen LogP contribution in [-0.2, 0) is 6.54 Å². The third-order valence-electron chi connectivity index (χ3n) is 3.36. The van der Waals surface area contributed by atoms with E-state index in [1.807, 2.05) is 12.1 Å². The molecule has 0 bridgehead atoms. The fraction of sp³-hybridized carbons (Fsp3) is 0.533. The minimum atomic E-state index is 0.00921. The molecule has 0 fully saturated rings. The minimum absolute atomic E-state index is 0.00921. The SMILES string of the molecule is CCCC(N)c1nc2cc(OC)ccc2n1CCC. The number of hydrogen-bond acceptors (Lipinski definition) is 3. The molecule has 1 aromatic heterocycles. The van der Waals surface area contributed by atoms with Gasteiger partial charge < -0.3 is 15.0 Å². The number of fused-ring (bicyclic) bond motifs is 1. The molecule has 1 atom stereocenters. The maximum atomic E-state index is 6.26. The second-order valence-electron chi connectivity index (χ2n) is 4.87. The Kier molecular flexibility index (Phi) is 4.43. The highest BCUT2D eigenvalue weighted by Gasteiger charge is 2.16. The molecule has 0 saturated heterocycles. The first-order valence-corrected chi connectivity index (χ1v) is 7.01. The van der Waals surface area contributed by atoms with Gasteiger partial charge in [-0.3, -0.25) is 0 Å². The van der Waals surface area contributed by atoms with E-state index >= 15 is 0 Å². The Bertz CT molecular complexity index is 548. The lowest BCUT2D eigenvalue weighted by Gasteiger charge is -2.13. The van der Waals surface area contributed by atoms with Crippen LogP contribution >= 0.6 is 0 Å². The quantitative estimate of drug-likeness (QED) is 0.868. The van der Waals surface area contributed by atoms with E-state index in [2.05, 4.69) is 24.5 Å². The van der Waals surface area contributed by atoms with E-state index in [9.17, 15) is 0 Å². The smallest absolute Gasteiger partial charge is 0.126 e. The van der Waals surface area contributed by atoms with Crippen molar-refractivity contribution in [3.8, 4) is 5.75 Å². The standard InChI is InChI=1S/C15H23N3O/c1-4-6-12(16)15-17-13-10-11(19-3)7-8-14(13)18(15)9-5-2/h7-8,10,12H,4-6,9,16H2,1-3H3. The largest absolute Gasteiger partial charge is 0.497 e. The Balaban J connectivity index is 2.51. The molecule has 0 spiro atoms.